The second-order valence-electron chi connectivity index (χ2n) is 10.8. The first kappa shape index (κ1) is 32.9. The standard InChI is InChI=1S/C34H35BrFN3O4S/c1-25(2)22-37-34(41)32(21-26-12-5-3-6-13-26)38(23-27-14-11-15-28(35)20-27)33(40)24-39(31-19-10-9-18-30(31)36)44(42,43)29-16-7-4-8-17-29/h3-20,25,32H,21-24H2,1-2H3,(H,37,41). The lowest BCUT2D eigenvalue weighted by molar-refractivity contribution is -0.140. The lowest BCUT2D eigenvalue weighted by Gasteiger charge is -2.34. The molecule has 4 aromatic carbocycles. The number of para-hydroxylation sites is 1. The fourth-order valence-corrected chi connectivity index (χ4v) is 6.59. The van der Waals surface area contributed by atoms with Crippen LogP contribution >= 0.6 is 15.9 Å². The highest BCUT2D eigenvalue weighted by atomic mass is 79.9. The van der Waals surface area contributed by atoms with E-state index in [-0.39, 0.29) is 35.4 Å². The fraction of sp³-hybridized carbons (Fsp3) is 0.235. The summed E-state index contributed by atoms with van der Waals surface area (Å²) in [6.07, 6.45) is 0.190. The van der Waals surface area contributed by atoms with Gasteiger partial charge in [0.15, 0.2) is 0 Å². The summed E-state index contributed by atoms with van der Waals surface area (Å²) < 4.78 is 44.6. The first-order valence-electron chi connectivity index (χ1n) is 14.2. The van der Waals surface area contributed by atoms with Gasteiger partial charge in [0.2, 0.25) is 11.8 Å². The molecule has 230 valence electrons. The zero-order valence-electron chi connectivity index (χ0n) is 24.6. The van der Waals surface area contributed by atoms with E-state index in [1.807, 2.05) is 68.4 Å². The molecule has 4 aromatic rings. The number of rotatable bonds is 13. The fourth-order valence-electron chi connectivity index (χ4n) is 4.70. The molecule has 0 aromatic heterocycles. The highest BCUT2D eigenvalue weighted by molar-refractivity contribution is 9.10. The van der Waals surface area contributed by atoms with Crippen LogP contribution < -0.4 is 9.62 Å². The van der Waals surface area contributed by atoms with Crippen molar-refractivity contribution in [1.29, 1.82) is 0 Å². The van der Waals surface area contributed by atoms with E-state index >= 15 is 4.39 Å². The molecule has 0 fully saturated rings. The Hall–Kier alpha value is -4.02. The maximum atomic E-state index is 15.2. The summed E-state index contributed by atoms with van der Waals surface area (Å²) in [7, 11) is -4.37. The maximum Gasteiger partial charge on any atom is 0.264 e. The Balaban J connectivity index is 1.80. The van der Waals surface area contributed by atoms with Gasteiger partial charge in [-0.25, -0.2) is 12.8 Å². The molecule has 1 N–H and O–H groups in total. The highest BCUT2D eigenvalue weighted by Gasteiger charge is 2.35. The molecule has 4 rings (SSSR count). The van der Waals surface area contributed by atoms with Crippen molar-refractivity contribution in [2.24, 2.45) is 5.92 Å². The number of hydrogen-bond donors (Lipinski definition) is 1. The lowest BCUT2D eigenvalue weighted by Crippen LogP contribution is -2.53. The summed E-state index contributed by atoms with van der Waals surface area (Å²) in [5.74, 6) is -1.66. The lowest BCUT2D eigenvalue weighted by atomic mass is 10.0. The van der Waals surface area contributed by atoms with Crippen LogP contribution in [-0.4, -0.2) is 44.3 Å². The summed E-state index contributed by atoms with van der Waals surface area (Å²) in [6, 6.07) is 28.6. The van der Waals surface area contributed by atoms with Crippen LogP contribution in [0.25, 0.3) is 0 Å². The number of benzene rings is 4. The van der Waals surface area contributed by atoms with E-state index < -0.39 is 34.3 Å². The molecule has 0 spiro atoms. The number of halogens is 2. The minimum atomic E-state index is -4.37. The van der Waals surface area contributed by atoms with Gasteiger partial charge in [-0.2, -0.15) is 0 Å². The van der Waals surface area contributed by atoms with Crippen LogP contribution in [0.1, 0.15) is 25.0 Å². The first-order chi connectivity index (χ1) is 21.1. The zero-order valence-corrected chi connectivity index (χ0v) is 27.0. The molecule has 0 saturated heterocycles. The number of anilines is 1. The van der Waals surface area contributed by atoms with Crippen LogP contribution in [0.3, 0.4) is 0 Å². The van der Waals surface area contributed by atoms with E-state index in [0.29, 0.717) is 6.54 Å². The topological polar surface area (TPSA) is 86.8 Å². The molecular weight excluding hydrogens is 645 g/mol. The molecule has 1 unspecified atom stereocenters. The molecular formula is C34H35BrFN3O4S. The Kier molecular flexibility index (Phi) is 11.3. The molecule has 0 aliphatic carbocycles. The third-order valence-electron chi connectivity index (χ3n) is 6.93. The average molecular weight is 681 g/mol. The number of hydrogen-bond acceptors (Lipinski definition) is 4. The number of sulfonamides is 1. The Morgan fingerprint density at radius 3 is 2.09 bits per heavy atom. The predicted octanol–water partition coefficient (Wildman–Crippen LogP) is 6.20. The van der Waals surface area contributed by atoms with Gasteiger partial charge >= 0.3 is 0 Å². The van der Waals surface area contributed by atoms with Crippen molar-refractivity contribution in [3.8, 4) is 0 Å². The molecule has 2 amide bonds. The van der Waals surface area contributed by atoms with Crippen molar-refractivity contribution in [3.63, 3.8) is 0 Å². The zero-order chi connectivity index (χ0) is 31.7. The van der Waals surface area contributed by atoms with E-state index in [9.17, 15) is 18.0 Å². The van der Waals surface area contributed by atoms with Crippen LogP contribution in [0.4, 0.5) is 10.1 Å². The van der Waals surface area contributed by atoms with Crippen LogP contribution in [-0.2, 0) is 32.6 Å². The van der Waals surface area contributed by atoms with E-state index in [4.69, 9.17) is 0 Å². The van der Waals surface area contributed by atoms with Crippen molar-refractivity contribution in [1.82, 2.24) is 10.2 Å². The summed E-state index contributed by atoms with van der Waals surface area (Å²) in [5, 5.41) is 2.95. The van der Waals surface area contributed by atoms with Gasteiger partial charge in [-0.1, -0.05) is 103 Å². The Morgan fingerprint density at radius 2 is 1.45 bits per heavy atom. The number of amides is 2. The van der Waals surface area contributed by atoms with Crippen molar-refractivity contribution in [3.05, 3.63) is 131 Å². The van der Waals surface area contributed by atoms with E-state index in [0.717, 1.165) is 26.0 Å². The first-order valence-corrected chi connectivity index (χ1v) is 16.5. The molecule has 44 heavy (non-hydrogen) atoms. The van der Waals surface area contributed by atoms with Gasteiger partial charge in [-0.15, -0.1) is 0 Å². The Bertz CT molecular complexity index is 1670. The van der Waals surface area contributed by atoms with Crippen LogP contribution in [0.5, 0.6) is 0 Å². The molecule has 0 aliphatic rings. The molecule has 0 saturated carbocycles. The van der Waals surface area contributed by atoms with Crippen LogP contribution in [0, 0.1) is 11.7 Å². The molecule has 0 aliphatic heterocycles. The second-order valence-corrected chi connectivity index (χ2v) is 13.6. The van der Waals surface area contributed by atoms with Crippen molar-refractivity contribution in [2.75, 3.05) is 17.4 Å². The van der Waals surface area contributed by atoms with E-state index in [2.05, 4.69) is 21.2 Å². The summed E-state index contributed by atoms with van der Waals surface area (Å²) in [4.78, 5) is 29.5. The molecule has 1 atom stereocenters. The van der Waals surface area contributed by atoms with E-state index in [1.165, 1.54) is 35.2 Å². The van der Waals surface area contributed by atoms with Gasteiger partial charge < -0.3 is 10.2 Å². The van der Waals surface area contributed by atoms with Gasteiger partial charge in [0.25, 0.3) is 10.0 Å². The monoisotopic (exact) mass is 679 g/mol. The van der Waals surface area contributed by atoms with Gasteiger partial charge in [0.1, 0.15) is 18.4 Å². The van der Waals surface area contributed by atoms with Gasteiger partial charge in [-0.3, -0.25) is 13.9 Å². The third kappa shape index (κ3) is 8.54. The SMILES string of the molecule is CC(C)CNC(=O)C(Cc1ccccc1)N(Cc1cccc(Br)c1)C(=O)CN(c1ccccc1F)S(=O)(=O)c1ccccc1. The molecule has 10 heteroatoms. The Labute approximate surface area is 266 Å². The summed E-state index contributed by atoms with van der Waals surface area (Å²) in [5.41, 5.74) is 1.29. The average Bonchev–Trinajstić information content (AvgIpc) is 3.01. The molecule has 0 radical (unpaired) electrons. The van der Waals surface area contributed by atoms with Crippen molar-refractivity contribution in [2.45, 2.75) is 37.8 Å². The van der Waals surface area contributed by atoms with Crippen LogP contribution in [0.15, 0.2) is 119 Å². The minimum absolute atomic E-state index is 0.0152. The van der Waals surface area contributed by atoms with Crippen LogP contribution in [0.2, 0.25) is 0 Å². The van der Waals surface area contributed by atoms with E-state index in [1.54, 1.807) is 18.2 Å². The van der Waals surface area contributed by atoms with Crippen molar-refractivity contribution >= 4 is 43.5 Å². The highest BCUT2D eigenvalue weighted by Crippen LogP contribution is 2.27. The predicted molar refractivity (Wildman–Crippen MR) is 174 cm³/mol. The minimum Gasteiger partial charge on any atom is -0.354 e. The smallest absolute Gasteiger partial charge is 0.264 e. The largest absolute Gasteiger partial charge is 0.354 e. The van der Waals surface area contributed by atoms with Gasteiger partial charge in [-0.05, 0) is 53.4 Å². The normalized spacial score (nSPS) is 12.0. The van der Waals surface area contributed by atoms with Gasteiger partial charge in [0, 0.05) is 24.0 Å². The van der Waals surface area contributed by atoms with Gasteiger partial charge in [0.05, 0.1) is 10.6 Å². The quantitative estimate of drug-likeness (QED) is 0.182. The molecule has 0 heterocycles. The Morgan fingerprint density at radius 1 is 0.841 bits per heavy atom. The number of carbonyl (C=O) groups excluding carboxylic acids is 2. The molecule has 0 bridgehead atoms. The number of carbonyl (C=O) groups is 2. The molecule has 7 nitrogen and oxygen atoms in total. The number of nitrogens with zero attached hydrogens (tertiary/aromatic N) is 2. The summed E-state index contributed by atoms with van der Waals surface area (Å²) in [6.45, 7) is 3.62. The maximum absolute atomic E-state index is 15.2. The number of nitrogens with one attached hydrogen (secondary N) is 1. The van der Waals surface area contributed by atoms with Crippen molar-refractivity contribution < 1.29 is 22.4 Å². The third-order valence-corrected chi connectivity index (χ3v) is 9.20. The second kappa shape index (κ2) is 15.1. The summed E-state index contributed by atoms with van der Waals surface area (Å²) >= 11 is 3.47.